The van der Waals surface area contributed by atoms with Gasteiger partial charge >= 0.3 is 0 Å². The van der Waals surface area contributed by atoms with Crippen LogP contribution in [0.15, 0.2) is 53.0 Å². The van der Waals surface area contributed by atoms with E-state index in [0.717, 1.165) is 10.7 Å². The molecule has 7 heteroatoms. The summed E-state index contributed by atoms with van der Waals surface area (Å²) in [6, 6.07) is 13.4. The maximum atomic E-state index is 12.0. The molecule has 0 aromatic heterocycles. The Bertz CT molecular complexity index is 772. The molecule has 0 unspecified atom stereocenters. The molecule has 0 saturated heterocycles. The third-order valence-electron chi connectivity index (χ3n) is 2.71. The highest BCUT2D eigenvalue weighted by molar-refractivity contribution is 9.10. The quantitative estimate of drug-likeness (QED) is 0.777. The summed E-state index contributed by atoms with van der Waals surface area (Å²) in [5, 5.41) is 0. The number of hydrogen-bond donors (Lipinski definition) is 1. The Morgan fingerprint density at radius 2 is 1.77 bits per heavy atom. The zero-order valence-electron chi connectivity index (χ0n) is 11.7. The van der Waals surface area contributed by atoms with Gasteiger partial charge in [-0.3, -0.25) is 9.52 Å². The number of anilines is 1. The number of Topliss-reactive ketones (excluding diaryl/α,β-unsaturated/α-hetero) is 1. The van der Waals surface area contributed by atoms with Crippen molar-refractivity contribution in [2.75, 3.05) is 17.6 Å². The van der Waals surface area contributed by atoms with E-state index in [1.54, 1.807) is 18.2 Å². The molecule has 0 aliphatic rings. The van der Waals surface area contributed by atoms with E-state index in [4.69, 9.17) is 4.74 Å². The first-order chi connectivity index (χ1) is 10.3. The highest BCUT2D eigenvalue weighted by Crippen LogP contribution is 2.24. The molecule has 0 aliphatic carbocycles. The van der Waals surface area contributed by atoms with Crippen molar-refractivity contribution < 1.29 is 17.9 Å². The van der Waals surface area contributed by atoms with E-state index in [0.29, 0.717) is 17.0 Å². The molecule has 0 atom stereocenters. The topological polar surface area (TPSA) is 72.5 Å². The Labute approximate surface area is 137 Å². The van der Waals surface area contributed by atoms with Gasteiger partial charge in [-0.05, 0) is 52.3 Å². The summed E-state index contributed by atoms with van der Waals surface area (Å²) in [6.07, 6.45) is 1.07. The van der Waals surface area contributed by atoms with Gasteiger partial charge in [0.05, 0.1) is 10.7 Å². The van der Waals surface area contributed by atoms with E-state index in [2.05, 4.69) is 20.7 Å². The molecular formula is C15H14BrNO4S. The highest BCUT2D eigenvalue weighted by atomic mass is 79.9. The third kappa shape index (κ3) is 4.85. The van der Waals surface area contributed by atoms with Crippen LogP contribution in [0.4, 0.5) is 5.69 Å². The monoisotopic (exact) mass is 383 g/mol. The molecule has 0 aliphatic heterocycles. The molecule has 0 amide bonds. The van der Waals surface area contributed by atoms with Gasteiger partial charge in [-0.1, -0.05) is 12.1 Å². The largest absolute Gasteiger partial charge is 0.484 e. The van der Waals surface area contributed by atoms with Crippen molar-refractivity contribution >= 4 is 37.4 Å². The lowest BCUT2D eigenvalue weighted by Gasteiger charge is -2.08. The van der Waals surface area contributed by atoms with Crippen molar-refractivity contribution in [3.63, 3.8) is 0 Å². The van der Waals surface area contributed by atoms with Crippen LogP contribution in [0.5, 0.6) is 5.75 Å². The highest BCUT2D eigenvalue weighted by Gasteiger charge is 2.09. The van der Waals surface area contributed by atoms with E-state index in [-0.39, 0.29) is 12.4 Å². The molecule has 0 heterocycles. The Morgan fingerprint density at radius 3 is 2.36 bits per heavy atom. The van der Waals surface area contributed by atoms with Crippen LogP contribution in [0.2, 0.25) is 0 Å². The van der Waals surface area contributed by atoms with Crippen molar-refractivity contribution in [1.82, 2.24) is 0 Å². The van der Waals surface area contributed by atoms with Gasteiger partial charge < -0.3 is 4.74 Å². The fraction of sp³-hybridized carbons (Fsp3) is 0.133. The number of benzene rings is 2. The number of halogens is 1. The van der Waals surface area contributed by atoms with E-state index in [1.807, 2.05) is 18.2 Å². The van der Waals surface area contributed by atoms with E-state index in [9.17, 15) is 13.2 Å². The molecule has 22 heavy (non-hydrogen) atoms. The summed E-state index contributed by atoms with van der Waals surface area (Å²) in [5.74, 6) is 0.396. The van der Waals surface area contributed by atoms with Crippen LogP contribution < -0.4 is 9.46 Å². The van der Waals surface area contributed by atoms with Crippen molar-refractivity contribution in [1.29, 1.82) is 0 Å². The summed E-state index contributed by atoms with van der Waals surface area (Å²) in [6.45, 7) is -0.0958. The first-order valence-electron chi connectivity index (χ1n) is 6.33. The van der Waals surface area contributed by atoms with Crippen LogP contribution in [0, 0.1) is 0 Å². The van der Waals surface area contributed by atoms with Gasteiger partial charge in [0.1, 0.15) is 5.75 Å². The number of hydrogen-bond acceptors (Lipinski definition) is 4. The average Bonchev–Trinajstić information content (AvgIpc) is 2.45. The Hall–Kier alpha value is -1.86. The molecule has 0 radical (unpaired) electrons. The van der Waals surface area contributed by atoms with Gasteiger partial charge in [0.15, 0.2) is 12.4 Å². The second-order valence-corrected chi connectivity index (χ2v) is 7.20. The standard InChI is InChI=1S/C15H14BrNO4S/c1-22(19,20)17-12-8-6-11(7-9-12)14(18)10-21-15-5-3-2-4-13(15)16/h2-9,17H,10H2,1H3. The first kappa shape index (κ1) is 16.5. The molecule has 0 saturated carbocycles. The van der Waals surface area contributed by atoms with Crippen LogP contribution in [-0.2, 0) is 10.0 Å². The Kier molecular flexibility index (Phi) is 5.20. The minimum Gasteiger partial charge on any atom is -0.484 e. The maximum absolute atomic E-state index is 12.0. The number of ketones is 1. The summed E-state index contributed by atoms with van der Waals surface area (Å²) in [5.41, 5.74) is 0.858. The zero-order chi connectivity index (χ0) is 16.2. The lowest BCUT2D eigenvalue weighted by atomic mass is 10.1. The smallest absolute Gasteiger partial charge is 0.229 e. The van der Waals surface area contributed by atoms with Crippen LogP contribution in [0.1, 0.15) is 10.4 Å². The van der Waals surface area contributed by atoms with Crippen LogP contribution in [0.3, 0.4) is 0 Å². The molecule has 0 fully saturated rings. The van der Waals surface area contributed by atoms with Gasteiger partial charge in [-0.2, -0.15) is 0 Å². The molecule has 2 aromatic carbocycles. The first-order valence-corrected chi connectivity index (χ1v) is 9.02. The minimum absolute atomic E-state index is 0.0958. The molecule has 2 rings (SSSR count). The number of sulfonamides is 1. The molecule has 2 aromatic rings. The number of ether oxygens (including phenoxy) is 1. The summed E-state index contributed by atoms with van der Waals surface area (Å²) < 4.78 is 30.8. The van der Waals surface area contributed by atoms with Crippen molar-refractivity contribution in [3.8, 4) is 5.75 Å². The molecule has 0 spiro atoms. The third-order valence-corrected chi connectivity index (χ3v) is 3.97. The summed E-state index contributed by atoms with van der Waals surface area (Å²) in [4.78, 5) is 12.0. The van der Waals surface area contributed by atoms with Gasteiger partial charge in [-0.15, -0.1) is 0 Å². The second-order valence-electron chi connectivity index (χ2n) is 4.59. The molecule has 116 valence electrons. The number of carbonyl (C=O) groups is 1. The lowest BCUT2D eigenvalue weighted by Crippen LogP contribution is -2.12. The summed E-state index contributed by atoms with van der Waals surface area (Å²) in [7, 11) is -3.33. The van der Waals surface area contributed by atoms with Gasteiger partial charge in [-0.25, -0.2) is 8.42 Å². The van der Waals surface area contributed by atoms with Gasteiger partial charge in [0, 0.05) is 11.3 Å². The van der Waals surface area contributed by atoms with Crippen molar-refractivity contribution in [2.45, 2.75) is 0 Å². The molecule has 5 nitrogen and oxygen atoms in total. The van der Waals surface area contributed by atoms with Crippen molar-refractivity contribution in [2.24, 2.45) is 0 Å². The van der Waals surface area contributed by atoms with E-state index >= 15 is 0 Å². The molecule has 0 bridgehead atoms. The van der Waals surface area contributed by atoms with Crippen LogP contribution >= 0.6 is 15.9 Å². The number of rotatable bonds is 6. The van der Waals surface area contributed by atoms with Crippen LogP contribution in [0.25, 0.3) is 0 Å². The molecule has 1 N–H and O–H groups in total. The zero-order valence-corrected chi connectivity index (χ0v) is 14.1. The SMILES string of the molecule is CS(=O)(=O)Nc1ccc(C(=O)COc2ccccc2Br)cc1. The van der Waals surface area contributed by atoms with Crippen molar-refractivity contribution in [3.05, 3.63) is 58.6 Å². The predicted octanol–water partition coefficient (Wildman–Crippen LogP) is 3.08. The lowest BCUT2D eigenvalue weighted by molar-refractivity contribution is 0.0921. The maximum Gasteiger partial charge on any atom is 0.229 e. The Balaban J connectivity index is 2.00. The normalized spacial score (nSPS) is 11.0. The second kappa shape index (κ2) is 6.93. The van der Waals surface area contributed by atoms with E-state index in [1.165, 1.54) is 12.1 Å². The fourth-order valence-electron chi connectivity index (χ4n) is 1.73. The number of nitrogens with one attached hydrogen (secondary N) is 1. The number of para-hydroxylation sites is 1. The Morgan fingerprint density at radius 1 is 1.14 bits per heavy atom. The predicted molar refractivity (Wildman–Crippen MR) is 88.9 cm³/mol. The van der Waals surface area contributed by atoms with E-state index < -0.39 is 10.0 Å². The average molecular weight is 384 g/mol. The minimum atomic E-state index is -3.33. The number of carbonyl (C=O) groups excluding carboxylic acids is 1. The van der Waals surface area contributed by atoms with Gasteiger partial charge in [0.25, 0.3) is 0 Å². The fourth-order valence-corrected chi connectivity index (χ4v) is 2.69. The van der Waals surface area contributed by atoms with Crippen LogP contribution in [-0.4, -0.2) is 27.1 Å². The van der Waals surface area contributed by atoms with Gasteiger partial charge in [0.2, 0.25) is 10.0 Å². The summed E-state index contributed by atoms with van der Waals surface area (Å²) >= 11 is 3.34. The molecular weight excluding hydrogens is 370 g/mol.